The highest BCUT2D eigenvalue weighted by Crippen LogP contribution is 2.13. The standard InChI is InChI=1S/C10H18N2O8S2/c1-21(17,18)11-5-3-7(9(13)14)8(10(15)16)4-6-12-22(2,19)20/h11-12H,3-6H2,1-2H3,(H,13,14)(H,15,16)/b8-7+. The van der Waals surface area contributed by atoms with Crippen LogP contribution in [0.3, 0.4) is 0 Å². The fourth-order valence-electron chi connectivity index (χ4n) is 1.50. The summed E-state index contributed by atoms with van der Waals surface area (Å²) in [4.78, 5) is 22.2. The van der Waals surface area contributed by atoms with Crippen LogP contribution in [0.1, 0.15) is 12.8 Å². The Hall–Kier alpha value is -1.50. The molecule has 0 aliphatic heterocycles. The van der Waals surface area contributed by atoms with Crippen molar-refractivity contribution < 1.29 is 36.6 Å². The summed E-state index contributed by atoms with van der Waals surface area (Å²) in [5, 5.41) is 18.1. The number of nitrogens with one attached hydrogen (secondary N) is 2. The topological polar surface area (TPSA) is 167 Å². The van der Waals surface area contributed by atoms with Gasteiger partial charge in [-0.15, -0.1) is 0 Å². The third-order valence-corrected chi connectivity index (χ3v) is 3.82. The van der Waals surface area contributed by atoms with Crippen molar-refractivity contribution in [2.75, 3.05) is 25.6 Å². The summed E-state index contributed by atoms with van der Waals surface area (Å²) in [6.07, 6.45) is 1.07. The molecule has 0 unspecified atom stereocenters. The van der Waals surface area contributed by atoms with E-state index in [4.69, 9.17) is 10.2 Å². The van der Waals surface area contributed by atoms with E-state index in [0.29, 0.717) is 0 Å². The van der Waals surface area contributed by atoms with Gasteiger partial charge in [0.15, 0.2) is 0 Å². The molecule has 0 aliphatic carbocycles. The van der Waals surface area contributed by atoms with Crippen molar-refractivity contribution in [3.63, 3.8) is 0 Å². The van der Waals surface area contributed by atoms with Crippen molar-refractivity contribution in [3.05, 3.63) is 11.1 Å². The van der Waals surface area contributed by atoms with Crippen LogP contribution < -0.4 is 9.44 Å². The number of hydrogen-bond acceptors (Lipinski definition) is 6. The van der Waals surface area contributed by atoms with E-state index in [1.54, 1.807) is 0 Å². The van der Waals surface area contributed by atoms with Gasteiger partial charge in [0.25, 0.3) is 0 Å². The Kier molecular flexibility index (Phi) is 7.66. The zero-order chi connectivity index (χ0) is 17.6. The van der Waals surface area contributed by atoms with E-state index in [2.05, 4.69) is 9.44 Å². The third-order valence-electron chi connectivity index (χ3n) is 2.36. The Balaban J connectivity index is 5.13. The first-order valence-corrected chi connectivity index (χ1v) is 9.69. The van der Waals surface area contributed by atoms with Crippen molar-refractivity contribution in [2.45, 2.75) is 12.8 Å². The zero-order valence-corrected chi connectivity index (χ0v) is 13.6. The maximum absolute atomic E-state index is 11.1. The van der Waals surface area contributed by atoms with Gasteiger partial charge in [0.1, 0.15) is 0 Å². The van der Waals surface area contributed by atoms with Gasteiger partial charge in [-0.25, -0.2) is 35.9 Å². The summed E-state index contributed by atoms with van der Waals surface area (Å²) >= 11 is 0. The number of carboxylic acid groups (broad SMARTS) is 2. The largest absolute Gasteiger partial charge is 0.478 e. The first-order chi connectivity index (χ1) is 9.83. The molecule has 22 heavy (non-hydrogen) atoms. The molecule has 128 valence electrons. The quantitative estimate of drug-likeness (QED) is 0.336. The second-order valence-electron chi connectivity index (χ2n) is 4.40. The van der Waals surface area contributed by atoms with Crippen molar-refractivity contribution in [1.29, 1.82) is 0 Å². The molecule has 0 atom stereocenters. The third kappa shape index (κ3) is 9.44. The fourth-order valence-corrected chi connectivity index (χ4v) is 2.44. The van der Waals surface area contributed by atoms with Gasteiger partial charge in [-0.2, -0.15) is 0 Å². The van der Waals surface area contributed by atoms with Gasteiger partial charge in [-0.1, -0.05) is 0 Å². The molecular weight excluding hydrogens is 340 g/mol. The minimum atomic E-state index is -3.53. The summed E-state index contributed by atoms with van der Waals surface area (Å²) in [5.41, 5.74) is -0.974. The van der Waals surface area contributed by atoms with E-state index < -0.39 is 43.1 Å². The Labute approximate surface area is 128 Å². The van der Waals surface area contributed by atoms with Gasteiger partial charge < -0.3 is 10.2 Å². The van der Waals surface area contributed by atoms with Gasteiger partial charge in [0.05, 0.1) is 12.5 Å². The Morgan fingerprint density at radius 1 is 0.773 bits per heavy atom. The van der Waals surface area contributed by atoms with Crippen LogP contribution >= 0.6 is 0 Å². The SMILES string of the molecule is CS(=O)(=O)NCC/C(C(=O)O)=C(/CCNS(C)(=O)=O)C(=O)O. The summed E-state index contributed by atoms with van der Waals surface area (Å²) in [6.45, 7) is -0.562. The van der Waals surface area contributed by atoms with Crippen LogP contribution in [0.15, 0.2) is 11.1 Å². The van der Waals surface area contributed by atoms with Crippen LogP contribution in [0.25, 0.3) is 0 Å². The summed E-state index contributed by atoms with van der Waals surface area (Å²) in [7, 11) is -7.06. The maximum Gasteiger partial charge on any atom is 0.332 e. The predicted molar refractivity (Wildman–Crippen MR) is 77.2 cm³/mol. The highest BCUT2D eigenvalue weighted by Gasteiger charge is 2.20. The molecule has 0 saturated carbocycles. The summed E-state index contributed by atoms with van der Waals surface area (Å²) < 4.78 is 47.7. The zero-order valence-electron chi connectivity index (χ0n) is 12.0. The molecule has 0 aromatic rings. The second-order valence-corrected chi connectivity index (χ2v) is 8.07. The number of carbonyl (C=O) groups is 2. The Morgan fingerprint density at radius 2 is 1.05 bits per heavy atom. The van der Waals surface area contributed by atoms with Gasteiger partial charge >= 0.3 is 11.9 Å². The Bertz CT molecular complexity index is 605. The van der Waals surface area contributed by atoms with Crippen molar-refractivity contribution in [2.24, 2.45) is 0 Å². The lowest BCUT2D eigenvalue weighted by Crippen LogP contribution is -2.27. The predicted octanol–water partition coefficient (Wildman–Crippen LogP) is -1.67. The molecule has 0 fully saturated rings. The number of aliphatic carboxylic acids is 2. The van der Waals surface area contributed by atoms with Crippen LogP contribution in [0, 0.1) is 0 Å². The number of carboxylic acids is 2. The summed E-state index contributed by atoms with van der Waals surface area (Å²) in [6, 6.07) is 0. The van der Waals surface area contributed by atoms with E-state index in [9.17, 15) is 26.4 Å². The smallest absolute Gasteiger partial charge is 0.332 e. The summed E-state index contributed by atoms with van der Waals surface area (Å²) in [5.74, 6) is -3.01. The van der Waals surface area contributed by atoms with Crippen LogP contribution in [0.4, 0.5) is 0 Å². The normalized spacial score (nSPS) is 13.5. The molecule has 0 bridgehead atoms. The second kappa shape index (κ2) is 8.22. The molecular formula is C10H18N2O8S2. The van der Waals surface area contributed by atoms with E-state index >= 15 is 0 Å². The van der Waals surface area contributed by atoms with Crippen LogP contribution in [0.5, 0.6) is 0 Å². The first-order valence-electron chi connectivity index (χ1n) is 5.91. The van der Waals surface area contributed by atoms with Gasteiger partial charge in [0.2, 0.25) is 20.0 Å². The lowest BCUT2D eigenvalue weighted by molar-refractivity contribution is -0.136. The number of hydrogen-bond donors (Lipinski definition) is 4. The van der Waals surface area contributed by atoms with Crippen LogP contribution in [-0.4, -0.2) is 64.6 Å². The molecule has 0 heterocycles. The van der Waals surface area contributed by atoms with Gasteiger partial charge in [-0.3, -0.25) is 0 Å². The van der Waals surface area contributed by atoms with E-state index in [-0.39, 0.29) is 25.9 Å². The molecule has 0 aliphatic rings. The molecule has 0 amide bonds. The molecule has 0 aromatic carbocycles. The molecule has 0 spiro atoms. The minimum Gasteiger partial charge on any atom is -0.478 e. The van der Waals surface area contributed by atoms with Crippen molar-refractivity contribution >= 4 is 32.0 Å². The molecule has 10 nitrogen and oxygen atoms in total. The molecule has 12 heteroatoms. The lowest BCUT2D eigenvalue weighted by Gasteiger charge is -2.10. The van der Waals surface area contributed by atoms with Gasteiger partial charge in [0, 0.05) is 24.2 Å². The number of rotatable bonds is 10. The maximum atomic E-state index is 11.1. The molecule has 0 rings (SSSR count). The molecule has 0 saturated heterocycles. The average molecular weight is 358 g/mol. The van der Waals surface area contributed by atoms with Crippen LogP contribution in [-0.2, 0) is 29.6 Å². The van der Waals surface area contributed by atoms with E-state index in [0.717, 1.165) is 12.5 Å². The first kappa shape index (κ1) is 20.5. The van der Waals surface area contributed by atoms with Gasteiger partial charge in [-0.05, 0) is 12.8 Å². The molecule has 0 aromatic heterocycles. The van der Waals surface area contributed by atoms with Crippen molar-refractivity contribution in [1.82, 2.24) is 9.44 Å². The average Bonchev–Trinajstić information content (AvgIpc) is 2.27. The molecule has 0 radical (unpaired) electrons. The van der Waals surface area contributed by atoms with E-state index in [1.807, 2.05) is 0 Å². The van der Waals surface area contributed by atoms with Crippen molar-refractivity contribution in [3.8, 4) is 0 Å². The monoisotopic (exact) mass is 358 g/mol. The molecule has 4 N–H and O–H groups in total. The lowest BCUT2D eigenvalue weighted by atomic mass is 10.0. The Morgan fingerprint density at radius 3 is 1.23 bits per heavy atom. The fraction of sp³-hybridized carbons (Fsp3) is 0.600. The highest BCUT2D eigenvalue weighted by molar-refractivity contribution is 7.89. The van der Waals surface area contributed by atoms with Crippen LogP contribution in [0.2, 0.25) is 0 Å². The highest BCUT2D eigenvalue weighted by atomic mass is 32.2. The minimum absolute atomic E-state index is 0.281. The van der Waals surface area contributed by atoms with E-state index in [1.165, 1.54) is 0 Å². The number of sulfonamides is 2.